The Morgan fingerprint density at radius 3 is 2.33 bits per heavy atom. The molecule has 0 aliphatic rings. The molecule has 0 aromatic rings. The van der Waals surface area contributed by atoms with Crippen LogP contribution in [0.5, 0.6) is 0 Å². The SMILES string of the molecule is C=CC(CC)C(=O)OC(C)(C)C. The Balaban J connectivity index is 4.11. The molecule has 2 nitrogen and oxygen atoms in total. The molecule has 1 atom stereocenters. The highest BCUT2D eigenvalue weighted by molar-refractivity contribution is 5.74. The van der Waals surface area contributed by atoms with Gasteiger partial charge in [-0.2, -0.15) is 0 Å². The normalized spacial score (nSPS) is 13.7. The third kappa shape index (κ3) is 4.16. The molecule has 0 fully saturated rings. The first-order valence-electron chi connectivity index (χ1n) is 4.26. The average Bonchev–Trinajstić information content (AvgIpc) is 1.85. The topological polar surface area (TPSA) is 26.3 Å². The minimum absolute atomic E-state index is 0.163. The van der Waals surface area contributed by atoms with Crippen molar-refractivity contribution >= 4 is 5.97 Å². The highest BCUT2D eigenvalue weighted by Gasteiger charge is 2.21. The minimum Gasteiger partial charge on any atom is -0.460 e. The monoisotopic (exact) mass is 170 g/mol. The molecule has 1 unspecified atom stereocenters. The van der Waals surface area contributed by atoms with Gasteiger partial charge in [0.25, 0.3) is 0 Å². The summed E-state index contributed by atoms with van der Waals surface area (Å²) < 4.78 is 5.17. The molecular weight excluding hydrogens is 152 g/mol. The van der Waals surface area contributed by atoms with Crippen molar-refractivity contribution in [2.24, 2.45) is 5.92 Å². The van der Waals surface area contributed by atoms with Crippen molar-refractivity contribution in [1.29, 1.82) is 0 Å². The van der Waals surface area contributed by atoms with Crippen LogP contribution in [0.2, 0.25) is 0 Å². The van der Waals surface area contributed by atoms with E-state index in [2.05, 4.69) is 6.58 Å². The van der Waals surface area contributed by atoms with Crippen LogP contribution in [0.25, 0.3) is 0 Å². The lowest BCUT2D eigenvalue weighted by Gasteiger charge is -2.21. The summed E-state index contributed by atoms with van der Waals surface area (Å²) in [4.78, 5) is 11.3. The van der Waals surface area contributed by atoms with Crippen molar-refractivity contribution in [1.82, 2.24) is 0 Å². The molecule has 0 saturated carbocycles. The van der Waals surface area contributed by atoms with Crippen molar-refractivity contribution in [3.05, 3.63) is 12.7 Å². The van der Waals surface area contributed by atoms with Gasteiger partial charge in [0.1, 0.15) is 5.60 Å². The zero-order valence-electron chi connectivity index (χ0n) is 8.39. The highest BCUT2D eigenvalue weighted by Crippen LogP contribution is 2.13. The van der Waals surface area contributed by atoms with Crippen LogP contribution in [0.4, 0.5) is 0 Å². The zero-order valence-corrected chi connectivity index (χ0v) is 8.39. The van der Waals surface area contributed by atoms with Crippen molar-refractivity contribution in [3.63, 3.8) is 0 Å². The van der Waals surface area contributed by atoms with Gasteiger partial charge in [-0.05, 0) is 27.2 Å². The quantitative estimate of drug-likeness (QED) is 0.480. The van der Waals surface area contributed by atoms with Crippen LogP contribution < -0.4 is 0 Å². The molecule has 0 amide bonds. The van der Waals surface area contributed by atoms with E-state index in [4.69, 9.17) is 4.74 Å². The average molecular weight is 170 g/mol. The second kappa shape index (κ2) is 4.29. The third-order valence-corrected chi connectivity index (χ3v) is 1.43. The number of hydrogen-bond acceptors (Lipinski definition) is 2. The number of rotatable bonds is 3. The maximum Gasteiger partial charge on any atom is 0.313 e. The molecule has 0 N–H and O–H groups in total. The Hall–Kier alpha value is -0.790. The lowest BCUT2D eigenvalue weighted by Crippen LogP contribution is -2.27. The van der Waals surface area contributed by atoms with Crippen LogP contribution in [-0.2, 0) is 9.53 Å². The molecule has 0 rings (SSSR count). The van der Waals surface area contributed by atoms with Gasteiger partial charge in [-0.3, -0.25) is 4.79 Å². The Morgan fingerprint density at radius 2 is 2.08 bits per heavy atom. The van der Waals surface area contributed by atoms with E-state index in [9.17, 15) is 4.79 Å². The lowest BCUT2D eigenvalue weighted by atomic mass is 10.1. The summed E-state index contributed by atoms with van der Waals surface area (Å²) in [6.45, 7) is 11.1. The standard InChI is InChI=1S/C10H18O2/c1-6-8(7-2)9(11)12-10(3,4)5/h6,8H,1,7H2,2-5H3. The van der Waals surface area contributed by atoms with Gasteiger partial charge < -0.3 is 4.74 Å². The van der Waals surface area contributed by atoms with Crippen molar-refractivity contribution in [3.8, 4) is 0 Å². The van der Waals surface area contributed by atoms with Crippen LogP contribution in [0.3, 0.4) is 0 Å². The third-order valence-electron chi connectivity index (χ3n) is 1.43. The highest BCUT2D eigenvalue weighted by atomic mass is 16.6. The van der Waals surface area contributed by atoms with Crippen LogP contribution in [0.15, 0.2) is 12.7 Å². The Bertz CT molecular complexity index is 165. The van der Waals surface area contributed by atoms with E-state index in [0.29, 0.717) is 0 Å². The Morgan fingerprint density at radius 1 is 1.58 bits per heavy atom. The maximum atomic E-state index is 11.3. The first-order chi connectivity index (χ1) is 5.40. The molecule has 0 radical (unpaired) electrons. The van der Waals surface area contributed by atoms with E-state index in [1.165, 1.54) is 0 Å². The number of carbonyl (C=O) groups excluding carboxylic acids is 1. The fourth-order valence-electron chi connectivity index (χ4n) is 0.807. The number of hydrogen-bond donors (Lipinski definition) is 0. The second-order valence-electron chi connectivity index (χ2n) is 3.78. The molecule has 0 aliphatic heterocycles. The molecule has 0 aliphatic carbocycles. The summed E-state index contributed by atoms with van der Waals surface area (Å²) in [6, 6.07) is 0. The first-order valence-corrected chi connectivity index (χ1v) is 4.26. The van der Waals surface area contributed by atoms with Crippen LogP contribution >= 0.6 is 0 Å². The van der Waals surface area contributed by atoms with E-state index in [0.717, 1.165) is 6.42 Å². The largest absolute Gasteiger partial charge is 0.460 e. The number of ether oxygens (including phenoxy) is 1. The van der Waals surface area contributed by atoms with Gasteiger partial charge in [-0.1, -0.05) is 13.0 Å². The van der Waals surface area contributed by atoms with E-state index in [1.807, 2.05) is 27.7 Å². The van der Waals surface area contributed by atoms with E-state index in [-0.39, 0.29) is 11.9 Å². The van der Waals surface area contributed by atoms with Crippen molar-refractivity contribution in [2.75, 3.05) is 0 Å². The van der Waals surface area contributed by atoms with Gasteiger partial charge in [0.15, 0.2) is 0 Å². The van der Waals surface area contributed by atoms with Crippen molar-refractivity contribution in [2.45, 2.75) is 39.7 Å². The maximum absolute atomic E-state index is 11.3. The molecule has 0 saturated heterocycles. The second-order valence-corrected chi connectivity index (χ2v) is 3.78. The van der Waals surface area contributed by atoms with Crippen molar-refractivity contribution < 1.29 is 9.53 Å². The summed E-state index contributed by atoms with van der Waals surface area (Å²) in [5.74, 6) is -0.343. The summed E-state index contributed by atoms with van der Waals surface area (Å²) in [5, 5.41) is 0. The molecule has 0 bridgehead atoms. The smallest absolute Gasteiger partial charge is 0.313 e. The van der Waals surface area contributed by atoms with Gasteiger partial charge in [0.05, 0.1) is 5.92 Å². The molecule has 2 heteroatoms. The molecule has 70 valence electrons. The first kappa shape index (κ1) is 11.2. The van der Waals surface area contributed by atoms with Crippen LogP contribution in [0.1, 0.15) is 34.1 Å². The number of esters is 1. The zero-order chi connectivity index (χ0) is 9.78. The van der Waals surface area contributed by atoms with Gasteiger partial charge in [0.2, 0.25) is 0 Å². The molecule has 0 aromatic heterocycles. The molecule has 0 spiro atoms. The van der Waals surface area contributed by atoms with Gasteiger partial charge >= 0.3 is 5.97 Å². The number of carbonyl (C=O) groups is 1. The minimum atomic E-state index is -0.395. The van der Waals surface area contributed by atoms with E-state index < -0.39 is 5.60 Å². The van der Waals surface area contributed by atoms with Crippen LogP contribution in [0, 0.1) is 5.92 Å². The Kier molecular flexibility index (Phi) is 4.01. The van der Waals surface area contributed by atoms with Crippen LogP contribution in [-0.4, -0.2) is 11.6 Å². The summed E-state index contributed by atoms with van der Waals surface area (Å²) in [7, 11) is 0. The molecule has 0 aromatic carbocycles. The fraction of sp³-hybridized carbons (Fsp3) is 0.700. The summed E-state index contributed by atoms with van der Waals surface area (Å²) in [5.41, 5.74) is -0.395. The van der Waals surface area contributed by atoms with Gasteiger partial charge in [0, 0.05) is 0 Å². The predicted molar refractivity (Wildman–Crippen MR) is 49.8 cm³/mol. The fourth-order valence-corrected chi connectivity index (χ4v) is 0.807. The lowest BCUT2D eigenvalue weighted by molar-refractivity contribution is -0.158. The van der Waals surface area contributed by atoms with Gasteiger partial charge in [-0.15, -0.1) is 6.58 Å². The molecular formula is C10H18O2. The molecule has 0 heterocycles. The Labute approximate surface area is 74.6 Å². The predicted octanol–water partition coefficient (Wildman–Crippen LogP) is 2.54. The molecule has 12 heavy (non-hydrogen) atoms. The van der Waals surface area contributed by atoms with Gasteiger partial charge in [-0.25, -0.2) is 0 Å². The van der Waals surface area contributed by atoms with E-state index in [1.54, 1.807) is 6.08 Å². The summed E-state index contributed by atoms with van der Waals surface area (Å²) in [6.07, 6.45) is 2.38. The van der Waals surface area contributed by atoms with E-state index >= 15 is 0 Å². The summed E-state index contributed by atoms with van der Waals surface area (Å²) >= 11 is 0.